The minimum atomic E-state index is -2.94. The number of carbonyl (C=O) groups is 1. The second-order valence-electron chi connectivity index (χ2n) is 3.34. The largest absolute Gasteiger partial charge is 0.462 e. The first-order chi connectivity index (χ1) is 8.38. The van der Waals surface area contributed by atoms with Crippen LogP contribution in [0, 0.1) is 17.0 Å². The minimum Gasteiger partial charge on any atom is -0.462 e. The molecule has 0 amide bonds. The smallest absolute Gasteiger partial charge is 0.378 e. The highest BCUT2D eigenvalue weighted by atomic mass is 19.3. The molecule has 18 heavy (non-hydrogen) atoms. The van der Waals surface area contributed by atoms with Crippen molar-refractivity contribution in [2.24, 2.45) is 0 Å². The van der Waals surface area contributed by atoms with Crippen molar-refractivity contribution in [3.63, 3.8) is 0 Å². The van der Waals surface area contributed by atoms with Crippen molar-refractivity contribution in [1.29, 1.82) is 0 Å². The normalized spacial score (nSPS) is 10.5. The van der Waals surface area contributed by atoms with Crippen LogP contribution in [0.3, 0.4) is 0 Å². The van der Waals surface area contributed by atoms with Crippen LogP contribution in [0.4, 0.5) is 14.6 Å². The number of ether oxygens (including phenoxy) is 1. The third-order valence-corrected chi connectivity index (χ3v) is 2.11. The lowest BCUT2D eigenvalue weighted by Gasteiger charge is -2.05. The number of carbonyl (C=O) groups excluding carboxylic acids is 1. The summed E-state index contributed by atoms with van der Waals surface area (Å²) in [5.74, 6) is -1.88. The van der Waals surface area contributed by atoms with Gasteiger partial charge in [0, 0.05) is 5.56 Å². The molecule has 1 rings (SSSR count). The predicted molar refractivity (Wildman–Crippen MR) is 56.5 cm³/mol. The molecular formula is C10H10F2N2O4. The zero-order chi connectivity index (χ0) is 13.9. The van der Waals surface area contributed by atoms with Crippen molar-refractivity contribution in [3.8, 4) is 0 Å². The Morgan fingerprint density at radius 2 is 2.22 bits per heavy atom. The predicted octanol–water partition coefficient (Wildman–Crippen LogP) is 2.41. The highest BCUT2D eigenvalue weighted by Crippen LogP contribution is 2.26. The van der Waals surface area contributed by atoms with Crippen LogP contribution in [-0.4, -0.2) is 22.5 Å². The van der Waals surface area contributed by atoms with Gasteiger partial charge in [-0.25, -0.2) is 13.6 Å². The molecule has 0 radical (unpaired) electrons. The van der Waals surface area contributed by atoms with Crippen LogP contribution in [0.5, 0.6) is 0 Å². The van der Waals surface area contributed by atoms with E-state index in [2.05, 4.69) is 9.72 Å². The van der Waals surface area contributed by atoms with Crippen LogP contribution >= 0.6 is 0 Å². The second-order valence-corrected chi connectivity index (χ2v) is 3.34. The van der Waals surface area contributed by atoms with Crippen LogP contribution < -0.4 is 0 Å². The van der Waals surface area contributed by atoms with Crippen LogP contribution in [0.25, 0.3) is 0 Å². The van der Waals surface area contributed by atoms with E-state index in [1.165, 1.54) is 13.8 Å². The van der Waals surface area contributed by atoms with E-state index < -0.39 is 34.4 Å². The molecule has 0 fully saturated rings. The zero-order valence-electron chi connectivity index (χ0n) is 9.65. The van der Waals surface area contributed by atoms with E-state index in [0.29, 0.717) is 0 Å². The average Bonchev–Trinajstić information content (AvgIpc) is 2.27. The highest BCUT2D eigenvalue weighted by Gasteiger charge is 2.29. The Balaban J connectivity index is 3.38. The summed E-state index contributed by atoms with van der Waals surface area (Å²) in [6.45, 7) is 2.84. The molecule has 0 bridgehead atoms. The number of halogens is 2. The maximum absolute atomic E-state index is 12.6. The van der Waals surface area contributed by atoms with Crippen LogP contribution in [0.2, 0.25) is 0 Å². The van der Waals surface area contributed by atoms with Gasteiger partial charge in [-0.15, -0.1) is 0 Å². The molecule has 0 unspecified atom stereocenters. The Morgan fingerprint density at radius 3 is 2.67 bits per heavy atom. The Kier molecular flexibility index (Phi) is 4.24. The van der Waals surface area contributed by atoms with Gasteiger partial charge < -0.3 is 14.9 Å². The van der Waals surface area contributed by atoms with Gasteiger partial charge in [0.2, 0.25) is 5.69 Å². The molecule has 0 N–H and O–H groups in total. The van der Waals surface area contributed by atoms with E-state index in [1.807, 2.05) is 0 Å². The minimum absolute atomic E-state index is 0.00125. The Bertz CT molecular complexity index is 491. The lowest BCUT2D eigenvalue weighted by Crippen LogP contribution is -2.11. The Labute approximate surface area is 101 Å². The van der Waals surface area contributed by atoms with Crippen molar-refractivity contribution in [1.82, 2.24) is 4.98 Å². The van der Waals surface area contributed by atoms with Crippen LogP contribution in [0.15, 0.2) is 6.07 Å². The van der Waals surface area contributed by atoms with Gasteiger partial charge >= 0.3 is 18.2 Å². The first kappa shape index (κ1) is 13.9. The fourth-order valence-electron chi connectivity index (χ4n) is 1.34. The molecule has 1 aromatic rings. The molecule has 0 spiro atoms. The lowest BCUT2D eigenvalue weighted by molar-refractivity contribution is -0.390. The summed E-state index contributed by atoms with van der Waals surface area (Å²) in [5, 5.41) is 10.7. The number of hydrogen-bond acceptors (Lipinski definition) is 5. The number of rotatable bonds is 4. The molecule has 0 atom stereocenters. The molecule has 0 aliphatic rings. The zero-order valence-corrected chi connectivity index (χ0v) is 9.65. The number of nitrogens with zero attached hydrogens (tertiary/aromatic N) is 2. The fraction of sp³-hybridized carbons (Fsp3) is 0.400. The number of pyridine rings is 1. The maximum atomic E-state index is 12.6. The molecule has 6 nitrogen and oxygen atoms in total. The van der Waals surface area contributed by atoms with Gasteiger partial charge in [0.15, 0.2) is 5.56 Å². The molecule has 0 saturated heterocycles. The van der Waals surface area contributed by atoms with Gasteiger partial charge in [-0.2, -0.15) is 0 Å². The summed E-state index contributed by atoms with van der Waals surface area (Å²) >= 11 is 0. The molecule has 0 aliphatic carbocycles. The van der Waals surface area contributed by atoms with Crippen molar-refractivity contribution in [2.45, 2.75) is 20.3 Å². The number of nitro groups is 1. The summed E-state index contributed by atoms with van der Waals surface area (Å²) in [5.41, 5.74) is -1.14. The summed E-state index contributed by atoms with van der Waals surface area (Å²) in [7, 11) is 0. The molecule has 0 aromatic carbocycles. The van der Waals surface area contributed by atoms with E-state index in [0.717, 1.165) is 6.07 Å². The standard InChI is InChI=1S/C10H10F2N2O4/c1-3-18-10(15)6-4-5(2)7(8(11)12)13-9(6)14(16)17/h4,8H,3H2,1-2H3. The van der Waals surface area contributed by atoms with Gasteiger partial charge in [0.05, 0.1) is 6.61 Å². The summed E-state index contributed by atoms with van der Waals surface area (Å²) < 4.78 is 29.7. The van der Waals surface area contributed by atoms with E-state index in [1.54, 1.807) is 0 Å². The van der Waals surface area contributed by atoms with Gasteiger partial charge in [-0.1, -0.05) is 0 Å². The van der Waals surface area contributed by atoms with Crippen molar-refractivity contribution >= 4 is 11.8 Å². The van der Waals surface area contributed by atoms with Crippen LogP contribution in [0.1, 0.15) is 35.0 Å². The quantitative estimate of drug-likeness (QED) is 0.471. The molecule has 0 aliphatic heterocycles. The summed E-state index contributed by atoms with van der Waals surface area (Å²) in [6, 6.07) is 0.991. The van der Waals surface area contributed by atoms with Crippen molar-refractivity contribution < 1.29 is 23.2 Å². The summed E-state index contributed by atoms with van der Waals surface area (Å²) in [6.07, 6.45) is -2.94. The second kappa shape index (κ2) is 5.48. The lowest BCUT2D eigenvalue weighted by atomic mass is 10.1. The molecule has 0 saturated carbocycles. The average molecular weight is 260 g/mol. The van der Waals surface area contributed by atoms with Crippen molar-refractivity contribution in [2.75, 3.05) is 6.61 Å². The van der Waals surface area contributed by atoms with E-state index in [-0.39, 0.29) is 12.2 Å². The molecular weight excluding hydrogens is 250 g/mol. The van der Waals surface area contributed by atoms with Crippen LogP contribution in [-0.2, 0) is 4.74 Å². The Hall–Kier alpha value is -2.12. The topological polar surface area (TPSA) is 82.3 Å². The molecule has 98 valence electrons. The van der Waals surface area contributed by atoms with Gasteiger partial charge in [-0.3, -0.25) is 0 Å². The summed E-state index contributed by atoms with van der Waals surface area (Å²) in [4.78, 5) is 24.4. The number of hydrogen-bond donors (Lipinski definition) is 0. The molecule has 8 heteroatoms. The SMILES string of the molecule is CCOC(=O)c1cc(C)c(C(F)F)nc1[N+](=O)[O-]. The third kappa shape index (κ3) is 2.76. The fourth-order valence-corrected chi connectivity index (χ4v) is 1.34. The molecule has 1 heterocycles. The number of esters is 1. The Morgan fingerprint density at radius 1 is 1.61 bits per heavy atom. The monoisotopic (exact) mass is 260 g/mol. The van der Waals surface area contributed by atoms with E-state index in [4.69, 9.17) is 0 Å². The van der Waals surface area contributed by atoms with E-state index in [9.17, 15) is 23.7 Å². The maximum Gasteiger partial charge on any atom is 0.378 e. The first-order valence-electron chi connectivity index (χ1n) is 4.99. The van der Waals surface area contributed by atoms with Gasteiger partial charge in [0.1, 0.15) is 0 Å². The van der Waals surface area contributed by atoms with Gasteiger partial charge in [0.25, 0.3) is 0 Å². The molecule has 1 aromatic heterocycles. The van der Waals surface area contributed by atoms with Gasteiger partial charge in [-0.05, 0) is 29.8 Å². The van der Waals surface area contributed by atoms with Crippen molar-refractivity contribution in [3.05, 3.63) is 33.0 Å². The number of aryl methyl sites for hydroxylation is 1. The third-order valence-electron chi connectivity index (χ3n) is 2.11. The first-order valence-corrected chi connectivity index (χ1v) is 4.99. The number of aromatic nitrogens is 1. The van der Waals surface area contributed by atoms with E-state index >= 15 is 0 Å². The highest BCUT2D eigenvalue weighted by molar-refractivity contribution is 5.93. The number of alkyl halides is 2.